The molecule has 0 N–H and O–H groups in total. The Bertz CT molecular complexity index is 1700. The maximum Gasteiger partial charge on any atom is 0.418 e. The molecule has 0 aliphatic heterocycles. The van der Waals surface area contributed by atoms with Crippen LogP contribution in [0.2, 0.25) is 0 Å². The Labute approximate surface area is 303 Å². The van der Waals surface area contributed by atoms with Gasteiger partial charge in [0.1, 0.15) is 23.0 Å². The molecule has 0 bridgehead atoms. The van der Waals surface area contributed by atoms with Crippen molar-refractivity contribution in [2.45, 2.75) is 76.5 Å². The van der Waals surface area contributed by atoms with E-state index >= 15 is 0 Å². The van der Waals surface area contributed by atoms with E-state index in [1.54, 1.807) is 9.80 Å². The van der Waals surface area contributed by atoms with Gasteiger partial charge in [-0.25, -0.2) is 9.59 Å². The zero-order chi connectivity index (χ0) is 35.9. The van der Waals surface area contributed by atoms with E-state index in [4.69, 9.17) is 18.9 Å². The molecule has 0 saturated heterocycles. The standard InChI is InChI=1S/C42H42N2O8/c45-39(51-41(47)43(31-9-7-10-31)27-29-17-21-35(22-18-29)49-33-13-3-1-4-14-33)37-25-26-38(37)40(46)52-42(48)44(32-11-8-12-32)28-30-19-23-36(24-20-30)50-34-15-5-2-6-16-34/h1-6,13-24,31-32,37-38H,7-12,25-28H2. The Balaban J connectivity index is 0.923. The number of para-hydroxylation sites is 2. The van der Waals surface area contributed by atoms with Crippen molar-refractivity contribution in [1.29, 1.82) is 0 Å². The van der Waals surface area contributed by atoms with Crippen LogP contribution in [0, 0.1) is 11.8 Å². The number of carbonyl (C=O) groups is 4. The Hall–Kier alpha value is -5.64. The normalized spacial score (nSPS) is 18.1. The van der Waals surface area contributed by atoms with Crippen LogP contribution in [-0.2, 0) is 32.2 Å². The van der Waals surface area contributed by atoms with Crippen LogP contribution in [0.5, 0.6) is 23.0 Å². The van der Waals surface area contributed by atoms with E-state index < -0.39 is 36.0 Å². The lowest BCUT2D eigenvalue weighted by molar-refractivity contribution is -0.162. The number of carbonyl (C=O) groups excluding carboxylic acids is 4. The minimum Gasteiger partial charge on any atom is -0.457 e. The molecule has 0 aromatic heterocycles. The molecule has 4 aromatic carbocycles. The molecule has 3 saturated carbocycles. The van der Waals surface area contributed by atoms with Gasteiger partial charge in [-0.3, -0.25) is 9.59 Å². The molecule has 2 amide bonds. The molecule has 3 fully saturated rings. The molecule has 4 aromatic rings. The van der Waals surface area contributed by atoms with Crippen molar-refractivity contribution in [2.75, 3.05) is 0 Å². The number of ether oxygens (including phenoxy) is 4. The van der Waals surface area contributed by atoms with Gasteiger partial charge in [-0.1, -0.05) is 60.7 Å². The van der Waals surface area contributed by atoms with Gasteiger partial charge in [0.25, 0.3) is 0 Å². The predicted molar refractivity (Wildman–Crippen MR) is 191 cm³/mol. The fraction of sp³-hybridized carbons (Fsp3) is 0.333. The maximum atomic E-state index is 13.4. The molecule has 3 aliphatic carbocycles. The van der Waals surface area contributed by atoms with E-state index in [1.807, 2.05) is 109 Å². The SMILES string of the molecule is O=C(OC(=O)N(Cc1ccc(Oc2ccccc2)cc1)C1CCC1)C1CCC1C(=O)OC(=O)N(Cc1ccc(Oc2ccccc2)cc1)C1CCC1. The van der Waals surface area contributed by atoms with Crippen molar-refractivity contribution >= 4 is 24.1 Å². The van der Waals surface area contributed by atoms with E-state index in [-0.39, 0.29) is 25.2 Å². The highest BCUT2D eigenvalue weighted by Crippen LogP contribution is 2.38. The maximum absolute atomic E-state index is 13.4. The molecular formula is C42H42N2O8. The summed E-state index contributed by atoms with van der Waals surface area (Å²) in [7, 11) is 0. The molecule has 10 nitrogen and oxygen atoms in total. The van der Waals surface area contributed by atoms with E-state index in [0.29, 0.717) is 24.3 Å². The Morgan fingerprint density at radius 1 is 0.462 bits per heavy atom. The van der Waals surface area contributed by atoms with Crippen LogP contribution in [0.4, 0.5) is 9.59 Å². The van der Waals surface area contributed by atoms with Crippen molar-refractivity contribution in [3.8, 4) is 23.0 Å². The highest BCUT2D eigenvalue weighted by molar-refractivity contribution is 5.93. The van der Waals surface area contributed by atoms with Crippen LogP contribution in [0.1, 0.15) is 62.5 Å². The average Bonchev–Trinajstić information content (AvgIpc) is 3.08. The summed E-state index contributed by atoms with van der Waals surface area (Å²) in [5, 5.41) is 0. The van der Waals surface area contributed by atoms with E-state index in [2.05, 4.69) is 0 Å². The number of amides is 2. The minimum atomic E-state index is -0.851. The summed E-state index contributed by atoms with van der Waals surface area (Å²) in [6, 6.07) is 33.8. The molecule has 268 valence electrons. The van der Waals surface area contributed by atoms with Gasteiger partial charge in [-0.05, 0) is 111 Å². The van der Waals surface area contributed by atoms with Crippen LogP contribution in [0.25, 0.3) is 0 Å². The first-order chi connectivity index (χ1) is 25.4. The minimum absolute atomic E-state index is 0.0367. The Kier molecular flexibility index (Phi) is 10.8. The summed E-state index contributed by atoms with van der Waals surface area (Å²) in [5.41, 5.74) is 1.74. The third kappa shape index (κ3) is 8.45. The number of hydrogen-bond donors (Lipinski definition) is 0. The van der Waals surface area contributed by atoms with Crippen molar-refractivity contribution in [3.05, 3.63) is 120 Å². The molecule has 2 unspecified atom stereocenters. The summed E-state index contributed by atoms with van der Waals surface area (Å²) in [4.78, 5) is 56.3. The summed E-state index contributed by atoms with van der Waals surface area (Å²) >= 11 is 0. The Morgan fingerprint density at radius 2 is 0.808 bits per heavy atom. The zero-order valence-corrected chi connectivity index (χ0v) is 28.9. The number of esters is 2. The molecule has 52 heavy (non-hydrogen) atoms. The largest absolute Gasteiger partial charge is 0.457 e. The summed E-state index contributed by atoms with van der Waals surface area (Å²) < 4.78 is 22.5. The average molecular weight is 703 g/mol. The monoisotopic (exact) mass is 702 g/mol. The van der Waals surface area contributed by atoms with E-state index in [9.17, 15) is 19.2 Å². The number of hydrogen-bond acceptors (Lipinski definition) is 8. The van der Waals surface area contributed by atoms with Gasteiger partial charge in [0, 0.05) is 25.2 Å². The first-order valence-electron chi connectivity index (χ1n) is 18.1. The molecule has 0 spiro atoms. The van der Waals surface area contributed by atoms with Gasteiger partial charge in [0.15, 0.2) is 0 Å². The zero-order valence-electron chi connectivity index (χ0n) is 28.9. The van der Waals surface area contributed by atoms with Crippen LogP contribution in [0.15, 0.2) is 109 Å². The van der Waals surface area contributed by atoms with Crippen LogP contribution >= 0.6 is 0 Å². The Morgan fingerprint density at radius 3 is 1.12 bits per heavy atom. The molecule has 0 radical (unpaired) electrons. The van der Waals surface area contributed by atoms with Gasteiger partial charge in [-0.15, -0.1) is 0 Å². The predicted octanol–water partition coefficient (Wildman–Crippen LogP) is 9.03. The molecule has 0 heterocycles. The topological polar surface area (TPSA) is 112 Å². The lowest BCUT2D eigenvalue weighted by atomic mass is 9.73. The van der Waals surface area contributed by atoms with Crippen LogP contribution in [0.3, 0.4) is 0 Å². The lowest BCUT2D eigenvalue weighted by Gasteiger charge is -2.38. The lowest BCUT2D eigenvalue weighted by Crippen LogP contribution is -2.48. The highest BCUT2D eigenvalue weighted by atomic mass is 16.6. The quantitative estimate of drug-likeness (QED) is 0.106. The van der Waals surface area contributed by atoms with Gasteiger partial charge >= 0.3 is 24.1 Å². The number of benzene rings is 4. The summed E-state index contributed by atoms with van der Waals surface area (Å²) in [6.45, 7) is 0.541. The summed E-state index contributed by atoms with van der Waals surface area (Å²) in [5.74, 6) is -0.448. The van der Waals surface area contributed by atoms with E-state index in [1.165, 1.54) is 0 Å². The molecule has 7 rings (SSSR count). The highest BCUT2D eigenvalue weighted by Gasteiger charge is 2.46. The second-order valence-corrected chi connectivity index (χ2v) is 13.7. The summed E-state index contributed by atoms with van der Waals surface area (Å²) in [6.07, 6.45) is 4.54. The van der Waals surface area contributed by atoms with Gasteiger partial charge in [0.05, 0.1) is 11.8 Å². The number of nitrogens with zero attached hydrogens (tertiary/aromatic N) is 2. The van der Waals surface area contributed by atoms with Gasteiger partial charge in [-0.2, -0.15) is 0 Å². The van der Waals surface area contributed by atoms with Crippen molar-refractivity contribution in [1.82, 2.24) is 9.80 Å². The van der Waals surface area contributed by atoms with Gasteiger partial charge in [0.2, 0.25) is 0 Å². The smallest absolute Gasteiger partial charge is 0.418 e. The first-order valence-corrected chi connectivity index (χ1v) is 18.1. The van der Waals surface area contributed by atoms with Crippen molar-refractivity contribution in [3.63, 3.8) is 0 Å². The second-order valence-electron chi connectivity index (χ2n) is 13.7. The van der Waals surface area contributed by atoms with Crippen LogP contribution in [-0.4, -0.2) is 46.0 Å². The van der Waals surface area contributed by atoms with E-state index in [0.717, 1.165) is 61.2 Å². The number of rotatable bonds is 12. The van der Waals surface area contributed by atoms with Crippen molar-refractivity contribution < 1.29 is 38.1 Å². The second kappa shape index (κ2) is 16.1. The van der Waals surface area contributed by atoms with Crippen LogP contribution < -0.4 is 9.47 Å². The third-order valence-electron chi connectivity index (χ3n) is 10.3. The fourth-order valence-corrected chi connectivity index (χ4v) is 6.56. The first kappa shape index (κ1) is 34.8. The molecule has 2 atom stereocenters. The molecule has 10 heteroatoms. The molecular weight excluding hydrogens is 660 g/mol. The van der Waals surface area contributed by atoms with Gasteiger partial charge < -0.3 is 28.7 Å². The molecule has 3 aliphatic rings. The third-order valence-corrected chi connectivity index (χ3v) is 10.3. The van der Waals surface area contributed by atoms with Crippen molar-refractivity contribution in [2.24, 2.45) is 11.8 Å². The fourth-order valence-electron chi connectivity index (χ4n) is 6.56.